The van der Waals surface area contributed by atoms with E-state index in [0.29, 0.717) is 19.4 Å². The maximum absolute atomic E-state index is 14.4. The molecule has 4 bridgehead atoms. The molecular formula is C17H24F2O3. The van der Waals surface area contributed by atoms with Crippen LogP contribution in [0.25, 0.3) is 0 Å². The molecule has 0 aromatic carbocycles. The number of fused-ring (bicyclic) bond motifs is 5. The van der Waals surface area contributed by atoms with Crippen LogP contribution in [-0.4, -0.2) is 33.6 Å². The minimum absolute atomic E-state index is 0.0151. The Labute approximate surface area is 129 Å². The van der Waals surface area contributed by atoms with Crippen molar-refractivity contribution in [2.75, 3.05) is 6.61 Å². The van der Waals surface area contributed by atoms with Gasteiger partial charge in [0, 0.05) is 0 Å². The fourth-order valence-electron chi connectivity index (χ4n) is 4.87. The molecule has 2 N–H and O–H groups in total. The highest BCUT2D eigenvalue weighted by Gasteiger charge is 2.57. The average Bonchev–Trinajstić information content (AvgIpc) is 2.54. The second-order valence-electron chi connectivity index (χ2n) is 8.17. The molecule has 6 aliphatic rings. The number of aliphatic hydroxyl groups is 2. The van der Waals surface area contributed by atoms with Crippen LogP contribution in [0.15, 0.2) is 11.7 Å². The van der Waals surface area contributed by atoms with Gasteiger partial charge in [-0.2, -0.15) is 0 Å². The summed E-state index contributed by atoms with van der Waals surface area (Å²) >= 11 is 0. The smallest absolute Gasteiger partial charge is 0.166 e. The summed E-state index contributed by atoms with van der Waals surface area (Å²) < 4.78 is 34.5. The summed E-state index contributed by atoms with van der Waals surface area (Å²) in [5.74, 6) is -1.89. The summed E-state index contributed by atoms with van der Waals surface area (Å²) in [4.78, 5) is 0. The Hall–Kier alpha value is -0.520. The van der Waals surface area contributed by atoms with E-state index in [9.17, 15) is 19.0 Å². The Balaban J connectivity index is 1.50. The molecule has 0 unspecified atom stereocenters. The molecule has 3 nitrogen and oxygen atoms in total. The van der Waals surface area contributed by atoms with Crippen LogP contribution in [0, 0.1) is 5.41 Å². The predicted octanol–water partition coefficient (Wildman–Crippen LogP) is 3.30. The van der Waals surface area contributed by atoms with Crippen molar-refractivity contribution < 1.29 is 23.7 Å². The largest absolute Gasteiger partial charge is 0.390 e. The molecule has 6 rings (SSSR count). The minimum atomic E-state index is -1.60. The molecule has 0 aromatic rings. The standard InChI is InChI=1S/C17H24F2O3/c18-12-13(19)17(9-7-16(12,21)8-10-17)22-11-14-1-4-15(20,5-2-14)6-3-14/h20-21H,1-11H2. The molecule has 0 atom stereocenters. The van der Waals surface area contributed by atoms with E-state index in [0.717, 1.165) is 38.5 Å². The first-order valence-electron chi connectivity index (χ1n) is 8.46. The molecule has 4 fully saturated rings. The lowest BCUT2D eigenvalue weighted by Crippen LogP contribution is -2.54. The number of ether oxygens (including phenoxy) is 1. The van der Waals surface area contributed by atoms with E-state index >= 15 is 0 Å². The van der Waals surface area contributed by atoms with Crippen molar-refractivity contribution in [2.24, 2.45) is 5.41 Å². The van der Waals surface area contributed by atoms with Gasteiger partial charge in [-0.25, -0.2) is 8.78 Å². The lowest BCUT2D eigenvalue weighted by atomic mass is 9.59. The summed E-state index contributed by atoms with van der Waals surface area (Å²) in [6.07, 6.45) is 6.23. The molecule has 5 heteroatoms. The number of halogens is 2. The first-order chi connectivity index (χ1) is 10.3. The van der Waals surface area contributed by atoms with Gasteiger partial charge >= 0.3 is 0 Å². The van der Waals surface area contributed by atoms with Crippen molar-refractivity contribution in [1.29, 1.82) is 0 Å². The van der Waals surface area contributed by atoms with Crippen molar-refractivity contribution in [3.8, 4) is 0 Å². The van der Waals surface area contributed by atoms with Crippen molar-refractivity contribution in [3.05, 3.63) is 11.7 Å². The van der Waals surface area contributed by atoms with Gasteiger partial charge < -0.3 is 14.9 Å². The van der Waals surface area contributed by atoms with Crippen LogP contribution in [0.3, 0.4) is 0 Å². The Bertz CT molecular complexity index is 495. The normalized spacial score (nSPS) is 50.7. The molecule has 22 heavy (non-hydrogen) atoms. The average molecular weight is 314 g/mol. The Kier molecular flexibility index (Phi) is 3.09. The van der Waals surface area contributed by atoms with Gasteiger partial charge in [0.15, 0.2) is 11.7 Å². The molecule has 0 aliphatic heterocycles. The van der Waals surface area contributed by atoms with Crippen LogP contribution >= 0.6 is 0 Å². The van der Waals surface area contributed by atoms with E-state index in [2.05, 4.69) is 0 Å². The highest BCUT2D eigenvalue weighted by atomic mass is 19.2. The van der Waals surface area contributed by atoms with E-state index in [1.54, 1.807) is 0 Å². The van der Waals surface area contributed by atoms with Crippen LogP contribution in [0.4, 0.5) is 8.78 Å². The topological polar surface area (TPSA) is 49.7 Å². The second-order valence-corrected chi connectivity index (χ2v) is 8.17. The lowest BCUT2D eigenvalue weighted by Gasteiger charge is -2.53. The van der Waals surface area contributed by atoms with E-state index in [1.165, 1.54) is 0 Å². The highest BCUT2D eigenvalue weighted by molar-refractivity contribution is 5.30. The van der Waals surface area contributed by atoms with E-state index in [4.69, 9.17) is 4.74 Å². The summed E-state index contributed by atoms with van der Waals surface area (Å²) in [6.45, 7) is 0.433. The Morgan fingerprint density at radius 3 is 1.86 bits per heavy atom. The Morgan fingerprint density at radius 2 is 1.32 bits per heavy atom. The van der Waals surface area contributed by atoms with Gasteiger partial charge in [0.1, 0.15) is 11.2 Å². The molecule has 4 saturated carbocycles. The minimum Gasteiger partial charge on any atom is -0.390 e. The molecule has 0 heterocycles. The molecule has 0 aromatic heterocycles. The maximum atomic E-state index is 14.4. The molecular weight excluding hydrogens is 290 g/mol. The SMILES string of the molecule is OC12CCC(COC34CCC(O)(CC3)C(F)=C4F)(CC1)CC2. The van der Waals surface area contributed by atoms with Crippen molar-refractivity contribution >= 4 is 0 Å². The zero-order chi connectivity index (χ0) is 15.6. The molecule has 0 amide bonds. The van der Waals surface area contributed by atoms with Gasteiger partial charge in [-0.05, 0) is 69.6 Å². The number of rotatable bonds is 3. The van der Waals surface area contributed by atoms with E-state index < -0.39 is 28.5 Å². The van der Waals surface area contributed by atoms with E-state index in [1.807, 2.05) is 0 Å². The third-order valence-electron chi connectivity index (χ3n) is 6.90. The van der Waals surface area contributed by atoms with E-state index in [-0.39, 0.29) is 18.3 Å². The second kappa shape index (κ2) is 4.52. The number of hydrogen-bond donors (Lipinski definition) is 2. The molecule has 0 saturated heterocycles. The number of hydrogen-bond acceptors (Lipinski definition) is 3. The summed E-state index contributed by atoms with van der Waals surface area (Å²) in [7, 11) is 0. The molecule has 0 spiro atoms. The van der Waals surface area contributed by atoms with Crippen LogP contribution in [0.1, 0.15) is 64.2 Å². The van der Waals surface area contributed by atoms with Crippen LogP contribution in [0.2, 0.25) is 0 Å². The summed E-state index contributed by atoms with van der Waals surface area (Å²) in [5.41, 5.74) is -3.24. The van der Waals surface area contributed by atoms with Gasteiger partial charge in [0.25, 0.3) is 0 Å². The van der Waals surface area contributed by atoms with Crippen LogP contribution < -0.4 is 0 Å². The summed E-state index contributed by atoms with van der Waals surface area (Å²) in [6, 6.07) is 0. The maximum Gasteiger partial charge on any atom is 0.166 e. The fraction of sp³-hybridized carbons (Fsp3) is 0.882. The zero-order valence-electron chi connectivity index (χ0n) is 12.8. The van der Waals surface area contributed by atoms with Gasteiger partial charge in [0.2, 0.25) is 0 Å². The highest BCUT2D eigenvalue weighted by Crippen LogP contribution is 2.56. The first-order valence-corrected chi connectivity index (χ1v) is 8.46. The van der Waals surface area contributed by atoms with Gasteiger partial charge in [0.05, 0.1) is 12.2 Å². The first kappa shape index (κ1) is 15.0. The third-order valence-corrected chi connectivity index (χ3v) is 6.90. The quantitative estimate of drug-likeness (QED) is 0.840. The van der Waals surface area contributed by atoms with Crippen molar-refractivity contribution in [2.45, 2.75) is 81.0 Å². The van der Waals surface area contributed by atoms with Gasteiger partial charge in [-0.3, -0.25) is 0 Å². The van der Waals surface area contributed by atoms with Crippen LogP contribution in [-0.2, 0) is 4.74 Å². The van der Waals surface area contributed by atoms with Crippen molar-refractivity contribution in [3.63, 3.8) is 0 Å². The third kappa shape index (κ3) is 2.01. The lowest BCUT2D eigenvalue weighted by molar-refractivity contribution is -0.171. The molecule has 124 valence electrons. The predicted molar refractivity (Wildman–Crippen MR) is 76.4 cm³/mol. The van der Waals surface area contributed by atoms with Gasteiger partial charge in [-0.15, -0.1) is 0 Å². The van der Waals surface area contributed by atoms with Crippen LogP contribution in [0.5, 0.6) is 0 Å². The molecule has 0 radical (unpaired) electrons. The summed E-state index contributed by atoms with van der Waals surface area (Å²) in [5, 5.41) is 20.3. The zero-order valence-corrected chi connectivity index (χ0v) is 12.8. The monoisotopic (exact) mass is 314 g/mol. The Morgan fingerprint density at radius 1 is 0.773 bits per heavy atom. The fourth-order valence-corrected chi connectivity index (χ4v) is 4.87. The van der Waals surface area contributed by atoms with Crippen molar-refractivity contribution in [1.82, 2.24) is 0 Å². The molecule has 6 aliphatic carbocycles. The van der Waals surface area contributed by atoms with Gasteiger partial charge in [-0.1, -0.05) is 0 Å².